The first-order valence-corrected chi connectivity index (χ1v) is 9.24. The fourth-order valence-corrected chi connectivity index (χ4v) is 2.25. The Morgan fingerprint density at radius 3 is 2.21 bits per heavy atom. The maximum absolute atomic E-state index is 13.6. The molecule has 0 saturated carbocycles. The number of hydrogen-bond donors (Lipinski definition) is 0. The van der Waals surface area contributed by atoms with Crippen molar-refractivity contribution in [2.45, 2.75) is 19.0 Å². The molecule has 0 amide bonds. The number of rotatable bonds is 10. The lowest BCUT2D eigenvalue weighted by atomic mass is 10.3. The number of para-hydroxylation sites is 2. The van der Waals surface area contributed by atoms with Gasteiger partial charge in [0.05, 0.1) is 18.8 Å². The van der Waals surface area contributed by atoms with Gasteiger partial charge in [-0.3, -0.25) is 0 Å². The van der Waals surface area contributed by atoms with Crippen molar-refractivity contribution in [2.75, 3.05) is 19.8 Å². The Morgan fingerprint density at radius 2 is 1.62 bits per heavy atom. The van der Waals surface area contributed by atoms with Crippen LogP contribution in [0.25, 0.3) is 0 Å². The number of unbranched alkanes of at least 4 members (excludes halogenated alkanes) is 1. The van der Waals surface area contributed by atoms with Gasteiger partial charge in [0.2, 0.25) is 5.88 Å². The van der Waals surface area contributed by atoms with Crippen LogP contribution in [0.5, 0.6) is 17.4 Å². The molecule has 29 heavy (non-hydrogen) atoms. The maximum Gasteiger partial charge on any atom is 0.417 e. The average Bonchev–Trinajstić information content (AvgIpc) is 2.65. The van der Waals surface area contributed by atoms with Crippen LogP contribution < -0.4 is 14.2 Å². The van der Waals surface area contributed by atoms with Gasteiger partial charge in [-0.25, -0.2) is 9.37 Å². The molecule has 2 aromatic rings. The van der Waals surface area contributed by atoms with Crippen molar-refractivity contribution in [3.05, 3.63) is 58.5 Å². The smallest absolute Gasteiger partial charge is 0.417 e. The molecule has 0 aliphatic rings. The molecule has 1 heterocycles. The van der Waals surface area contributed by atoms with E-state index in [4.69, 9.17) is 37.4 Å². The first-order valence-electron chi connectivity index (χ1n) is 8.48. The largest absolute Gasteiger partial charge is 0.490 e. The second-order valence-corrected chi connectivity index (χ2v) is 6.67. The fourth-order valence-electron chi connectivity index (χ4n) is 2.12. The molecule has 0 bridgehead atoms. The van der Waals surface area contributed by atoms with Gasteiger partial charge >= 0.3 is 6.18 Å². The number of hydrogen-bond acceptors (Lipinski definition) is 4. The van der Waals surface area contributed by atoms with Crippen LogP contribution >= 0.6 is 23.2 Å². The van der Waals surface area contributed by atoms with Crippen molar-refractivity contribution in [2.24, 2.45) is 0 Å². The molecular weight excluding hydrogens is 437 g/mol. The van der Waals surface area contributed by atoms with Crippen LogP contribution in [0.1, 0.15) is 18.4 Å². The third-order valence-electron chi connectivity index (χ3n) is 3.50. The van der Waals surface area contributed by atoms with Gasteiger partial charge < -0.3 is 14.2 Å². The number of alkyl halides is 3. The molecule has 2 rings (SSSR count). The number of benzene rings is 1. The number of nitrogens with zero attached hydrogens (tertiary/aromatic N) is 1. The summed E-state index contributed by atoms with van der Waals surface area (Å²) >= 11 is 11.0. The van der Waals surface area contributed by atoms with Crippen LogP contribution in [0, 0.1) is 5.82 Å². The van der Waals surface area contributed by atoms with Gasteiger partial charge in [-0.2, -0.15) is 13.2 Å². The molecule has 1 aromatic heterocycles. The second kappa shape index (κ2) is 11.1. The fraction of sp³-hybridized carbons (Fsp3) is 0.316. The van der Waals surface area contributed by atoms with Crippen LogP contribution in [-0.2, 0) is 6.18 Å². The molecule has 4 nitrogen and oxygen atoms in total. The van der Waals surface area contributed by atoms with Crippen LogP contribution in [0.4, 0.5) is 17.6 Å². The molecule has 0 atom stereocenters. The van der Waals surface area contributed by atoms with E-state index in [2.05, 4.69) is 4.98 Å². The standard InChI is InChI=1S/C19H17Cl2F4NO3/c20-17(21)7-10-28-16-6-2-1-5-15(16)27-8-3-4-9-29-18-14(22)11-13(12-26-18)19(23,24)25/h1-2,5-7,11-12H,3-4,8-10H2. The lowest BCUT2D eigenvalue weighted by Gasteiger charge is -2.12. The summed E-state index contributed by atoms with van der Waals surface area (Å²) in [5.41, 5.74) is -1.17. The molecule has 0 radical (unpaired) electrons. The monoisotopic (exact) mass is 453 g/mol. The van der Waals surface area contributed by atoms with Crippen LogP contribution in [0.2, 0.25) is 0 Å². The summed E-state index contributed by atoms with van der Waals surface area (Å²) in [6, 6.07) is 7.39. The lowest BCUT2D eigenvalue weighted by molar-refractivity contribution is -0.138. The molecular formula is C19H17Cl2F4NO3. The first kappa shape index (κ1) is 23.1. The molecule has 0 aliphatic carbocycles. The summed E-state index contributed by atoms with van der Waals surface area (Å²) in [5.74, 6) is -0.578. The Hall–Kier alpha value is -2.19. The van der Waals surface area contributed by atoms with Crippen molar-refractivity contribution in [1.29, 1.82) is 0 Å². The Kier molecular flexibility index (Phi) is 8.85. The Morgan fingerprint density at radius 1 is 1.00 bits per heavy atom. The number of aromatic nitrogens is 1. The summed E-state index contributed by atoms with van der Waals surface area (Å²) in [4.78, 5) is 3.37. The zero-order valence-corrected chi connectivity index (χ0v) is 16.5. The zero-order valence-electron chi connectivity index (χ0n) is 15.0. The summed E-state index contributed by atoms with van der Waals surface area (Å²) in [7, 11) is 0. The van der Waals surface area contributed by atoms with Gasteiger partial charge in [0.25, 0.3) is 0 Å². The molecule has 0 N–H and O–H groups in total. The Bertz CT molecular complexity index is 827. The van der Waals surface area contributed by atoms with Crippen LogP contribution in [0.3, 0.4) is 0 Å². The summed E-state index contributed by atoms with van der Waals surface area (Å²) < 4.78 is 67.4. The van der Waals surface area contributed by atoms with Gasteiger partial charge in [-0.1, -0.05) is 35.3 Å². The first-order chi connectivity index (χ1) is 13.8. The van der Waals surface area contributed by atoms with Gasteiger partial charge in [0.1, 0.15) is 11.1 Å². The number of ether oxygens (including phenoxy) is 3. The van der Waals surface area contributed by atoms with Crippen molar-refractivity contribution >= 4 is 23.2 Å². The summed E-state index contributed by atoms with van der Waals surface area (Å²) in [6.45, 7) is 0.594. The molecule has 0 saturated heterocycles. The third kappa shape index (κ3) is 7.98. The van der Waals surface area contributed by atoms with E-state index in [0.717, 1.165) is 0 Å². The highest BCUT2D eigenvalue weighted by Crippen LogP contribution is 2.30. The van der Waals surface area contributed by atoms with E-state index in [0.29, 0.717) is 43.2 Å². The van der Waals surface area contributed by atoms with Gasteiger partial charge in [0.15, 0.2) is 17.3 Å². The van der Waals surface area contributed by atoms with E-state index in [9.17, 15) is 17.6 Å². The van der Waals surface area contributed by atoms with Gasteiger partial charge in [0, 0.05) is 6.20 Å². The number of pyridine rings is 1. The average molecular weight is 454 g/mol. The van der Waals surface area contributed by atoms with E-state index in [-0.39, 0.29) is 17.7 Å². The lowest BCUT2D eigenvalue weighted by Crippen LogP contribution is -2.09. The molecule has 158 valence electrons. The highest BCUT2D eigenvalue weighted by molar-refractivity contribution is 6.55. The Balaban J connectivity index is 1.73. The van der Waals surface area contributed by atoms with E-state index in [1.807, 2.05) is 0 Å². The predicted molar refractivity (Wildman–Crippen MR) is 101 cm³/mol. The van der Waals surface area contributed by atoms with Crippen molar-refractivity contribution < 1.29 is 31.8 Å². The summed E-state index contributed by atoms with van der Waals surface area (Å²) in [5, 5.41) is 0. The molecule has 10 heteroatoms. The molecule has 0 unspecified atom stereocenters. The highest BCUT2D eigenvalue weighted by atomic mass is 35.5. The maximum atomic E-state index is 13.6. The van der Waals surface area contributed by atoms with Crippen molar-refractivity contribution in [3.63, 3.8) is 0 Å². The predicted octanol–water partition coefficient (Wildman–Crippen LogP) is 6.18. The topological polar surface area (TPSA) is 40.6 Å². The van der Waals surface area contributed by atoms with Gasteiger partial charge in [-0.15, -0.1) is 0 Å². The van der Waals surface area contributed by atoms with E-state index in [1.165, 1.54) is 6.08 Å². The Labute approximate surface area is 175 Å². The minimum absolute atomic E-state index is 0.0792. The van der Waals surface area contributed by atoms with Crippen LogP contribution in [0.15, 0.2) is 47.1 Å². The zero-order chi connectivity index (χ0) is 21.3. The van der Waals surface area contributed by atoms with E-state index >= 15 is 0 Å². The van der Waals surface area contributed by atoms with Gasteiger partial charge in [-0.05, 0) is 37.1 Å². The quantitative estimate of drug-likeness (QED) is 0.318. The molecule has 0 aliphatic heterocycles. The molecule has 1 aromatic carbocycles. The van der Waals surface area contributed by atoms with E-state index < -0.39 is 23.4 Å². The van der Waals surface area contributed by atoms with E-state index in [1.54, 1.807) is 24.3 Å². The van der Waals surface area contributed by atoms with Crippen molar-refractivity contribution in [3.8, 4) is 17.4 Å². The minimum Gasteiger partial charge on any atom is -0.490 e. The third-order valence-corrected chi connectivity index (χ3v) is 3.80. The van der Waals surface area contributed by atoms with Crippen molar-refractivity contribution in [1.82, 2.24) is 4.98 Å². The summed E-state index contributed by atoms with van der Waals surface area (Å²) in [6.07, 6.45) is -1.59. The molecule has 0 spiro atoms. The second-order valence-electron chi connectivity index (χ2n) is 5.66. The minimum atomic E-state index is -4.66. The normalized spacial score (nSPS) is 11.1. The van der Waals surface area contributed by atoms with Crippen LogP contribution in [-0.4, -0.2) is 24.8 Å². The SMILES string of the molecule is Fc1cc(C(F)(F)F)cnc1OCCCCOc1ccccc1OCC=C(Cl)Cl. The number of halogens is 6. The molecule has 0 fully saturated rings. The highest BCUT2D eigenvalue weighted by Gasteiger charge is 2.32.